The zero-order valence-corrected chi connectivity index (χ0v) is 15.3. The number of ketones is 2. The highest BCUT2D eigenvalue weighted by molar-refractivity contribution is 6.34. The first-order valence-electron chi connectivity index (χ1n) is 9.18. The minimum Gasteiger partial charge on any atom is -0.293 e. The van der Waals surface area contributed by atoms with E-state index in [1.54, 1.807) is 0 Å². The smallest absolute Gasteiger partial charge is 0.174 e. The summed E-state index contributed by atoms with van der Waals surface area (Å²) >= 11 is 5.98. The van der Waals surface area contributed by atoms with Crippen molar-refractivity contribution in [3.8, 4) is 0 Å². The van der Waals surface area contributed by atoms with Gasteiger partial charge in [0.25, 0.3) is 0 Å². The SMILES string of the molecule is C=C1C(=O)C(C2CCC(c3ccc(Cl)cc3)CC2)C(=O)c2ccccc21. The number of carbonyl (C=O) groups is 2. The van der Waals surface area contributed by atoms with E-state index in [4.69, 9.17) is 11.6 Å². The van der Waals surface area contributed by atoms with Crippen LogP contribution in [0.25, 0.3) is 5.57 Å². The van der Waals surface area contributed by atoms with E-state index in [0.29, 0.717) is 22.6 Å². The maximum Gasteiger partial charge on any atom is 0.174 e. The third-order valence-electron chi connectivity index (χ3n) is 5.96. The summed E-state index contributed by atoms with van der Waals surface area (Å²) in [4.78, 5) is 25.8. The second-order valence-corrected chi connectivity index (χ2v) is 7.83. The number of hydrogen-bond acceptors (Lipinski definition) is 2. The van der Waals surface area contributed by atoms with Crippen LogP contribution in [-0.4, -0.2) is 11.6 Å². The normalized spacial score (nSPS) is 25.9. The average molecular weight is 365 g/mol. The molecule has 0 saturated heterocycles. The highest BCUT2D eigenvalue weighted by Gasteiger charge is 2.42. The van der Waals surface area contributed by atoms with E-state index in [1.165, 1.54) is 5.56 Å². The highest BCUT2D eigenvalue weighted by atomic mass is 35.5. The molecule has 26 heavy (non-hydrogen) atoms. The molecule has 1 atom stereocenters. The van der Waals surface area contributed by atoms with E-state index in [-0.39, 0.29) is 17.5 Å². The second kappa shape index (κ2) is 6.85. The van der Waals surface area contributed by atoms with Gasteiger partial charge in [0, 0.05) is 16.2 Å². The third kappa shape index (κ3) is 2.93. The van der Waals surface area contributed by atoms with Crippen molar-refractivity contribution in [1.29, 1.82) is 0 Å². The highest BCUT2D eigenvalue weighted by Crippen LogP contribution is 2.43. The van der Waals surface area contributed by atoms with Crippen molar-refractivity contribution in [2.24, 2.45) is 11.8 Å². The molecule has 2 aromatic rings. The van der Waals surface area contributed by atoms with Gasteiger partial charge in [-0.05, 0) is 60.8 Å². The molecular weight excluding hydrogens is 344 g/mol. The molecule has 1 fully saturated rings. The van der Waals surface area contributed by atoms with Crippen molar-refractivity contribution in [1.82, 2.24) is 0 Å². The second-order valence-electron chi connectivity index (χ2n) is 7.39. The van der Waals surface area contributed by atoms with Gasteiger partial charge < -0.3 is 0 Å². The molecule has 3 heteroatoms. The van der Waals surface area contributed by atoms with Gasteiger partial charge in [-0.25, -0.2) is 0 Å². The molecule has 0 heterocycles. The van der Waals surface area contributed by atoms with E-state index in [9.17, 15) is 9.59 Å². The van der Waals surface area contributed by atoms with Gasteiger partial charge in [-0.2, -0.15) is 0 Å². The van der Waals surface area contributed by atoms with E-state index < -0.39 is 5.92 Å². The van der Waals surface area contributed by atoms with Crippen LogP contribution < -0.4 is 0 Å². The number of benzene rings is 2. The Labute approximate surface area is 158 Å². The molecule has 0 N–H and O–H groups in total. The summed E-state index contributed by atoms with van der Waals surface area (Å²) in [6.07, 6.45) is 3.78. The minimum atomic E-state index is -0.552. The van der Waals surface area contributed by atoms with Gasteiger partial charge >= 0.3 is 0 Å². The maximum atomic E-state index is 13.0. The number of hydrogen-bond donors (Lipinski definition) is 0. The Bertz CT molecular complexity index is 873. The molecule has 4 rings (SSSR count). The predicted octanol–water partition coefficient (Wildman–Crippen LogP) is 5.71. The van der Waals surface area contributed by atoms with Crippen LogP contribution in [0.5, 0.6) is 0 Å². The van der Waals surface area contributed by atoms with Gasteiger partial charge in [-0.15, -0.1) is 0 Å². The lowest BCUT2D eigenvalue weighted by molar-refractivity contribution is -0.117. The number of carbonyl (C=O) groups excluding carboxylic acids is 2. The van der Waals surface area contributed by atoms with Crippen molar-refractivity contribution in [2.45, 2.75) is 31.6 Å². The van der Waals surface area contributed by atoms with Crippen LogP contribution in [0, 0.1) is 11.8 Å². The molecule has 0 radical (unpaired) electrons. The molecule has 0 aliphatic heterocycles. The fraction of sp³-hybridized carbons (Fsp3) is 0.304. The van der Waals surface area contributed by atoms with E-state index in [0.717, 1.165) is 30.7 Å². The number of fused-ring (bicyclic) bond motifs is 1. The first kappa shape index (κ1) is 17.2. The quantitative estimate of drug-likeness (QED) is 0.505. The van der Waals surface area contributed by atoms with Crippen LogP contribution in [0.15, 0.2) is 55.1 Å². The summed E-state index contributed by atoms with van der Waals surface area (Å²) in [5.41, 5.74) is 3.14. The Balaban J connectivity index is 1.52. The van der Waals surface area contributed by atoms with Gasteiger partial charge in [0.05, 0.1) is 5.92 Å². The molecular formula is C23H21ClO2. The lowest BCUT2D eigenvalue weighted by atomic mass is 9.67. The molecule has 0 spiro atoms. The summed E-state index contributed by atoms with van der Waals surface area (Å²) in [5, 5.41) is 0.748. The molecule has 0 bridgehead atoms. The molecule has 1 saturated carbocycles. The van der Waals surface area contributed by atoms with Gasteiger partial charge in [0.1, 0.15) is 0 Å². The Hall–Kier alpha value is -2.19. The molecule has 1 unspecified atom stereocenters. The summed E-state index contributed by atoms with van der Waals surface area (Å²) in [7, 11) is 0. The molecule has 2 nitrogen and oxygen atoms in total. The van der Waals surface area contributed by atoms with E-state index in [1.807, 2.05) is 36.4 Å². The number of Topliss-reactive ketones (excluding diaryl/α,β-unsaturated/α-hetero) is 2. The number of rotatable bonds is 2. The Morgan fingerprint density at radius 1 is 0.808 bits per heavy atom. The minimum absolute atomic E-state index is 0.0204. The predicted molar refractivity (Wildman–Crippen MR) is 104 cm³/mol. The lowest BCUT2D eigenvalue weighted by Crippen LogP contribution is -2.37. The first-order valence-corrected chi connectivity index (χ1v) is 9.56. The molecule has 2 aromatic carbocycles. The van der Waals surface area contributed by atoms with Crippen molar-refractivity contribution in [2.75, 3.05) is 0 Å². The topological polar surface area (TPSA) is 34.1 Å². The third-order valence-corrected chi connectivity index (χ3v) is 6.22. The van der Waals surface area contributed by atoms with Crippen molar-refractivity contribution in [3.05, 3.63) is 76.8 Å². The largest absolute Gasteiger partial charge is 0.293 e. The Morgan fingerprint density at radius 3 is 2.08 bits per heavy atom. The van der Waals surface area contributed by atoms with E-state index in [2.05, 4.69) is 18.7 Å². The van der Waals surface area contributed by atoms with Crippen molar-refractivity contribution >= 4 is 28.7 Å². The van der Waals surface area contributed by atoms with Crippen LogP contribution in [-0.2, 0) is 4.79 Å². The van der Waals surface area contributed by atoms with Crippen molar-refractivity contribution in [3.63, 3.8) is 0 Å². The zero-order valence-electron chi connectivity index (χ0n) is 14.6. The fourth-order valence-corrected chi connectivity index (χ4v) is 4.64. The Kier molecular flexibility index (Phi) is 4.54. The molecule has 0 aromatic heterocycles. The number of allylic oxidation sites excluding steroid dienone is 1. The molecule has 2 aliphatic rings. The van der Waals surface area contributed by atoms with Crippen LogP contribution in [0.2, 0.25) is 5.02 Å². The van der Waals surface area contributed by atoms with Gasteiger partial charge in [-0.3, -0.25) is 9.59 Å². The summed E-state index contributed by atoms with van der Waals surface area (Å²) in [6.45, 7) is 3.97. The monoisotopic (exact) mass is 364 g/mol. The standard InChI is InChI=1S/C23H21ClO2/c1-14-19-4-2-3-5-20(19)23(26)21(22(14)25)17-8-6-15(7-9-17)16-10-12-18(24)13-11-16/h2-5,10-13,15,17,21H,1,6-9H2. The number of halogens is 1. The lowest BCUT2D eigenvalue weighted by Gasteiger charge is -2.35. The summed E-state index contributed by atoms with van der Waals surface area (Å²) < 4.78 is 0. The van der Waals surface area contributed by atoms with E-state index >= 15 is 0 Å². The molecule has 132 valence electrons. The summed E-state index contributed by atoms with van der Waals surface area (Å²) in [5.74, 6) is -0.0587. The summed E-state index contributed by atoms with van der Waals surface area (Å²) in [6, 6.07) is 15.4. The van der Waals surface area contributed by atoms with Crippen LogP contribution in [0.4, 0.5) is 0 Å². The van der Waals surface area contributed by atoms with Gasteiger partial charge in [0.15, 0.2) is 11.6 Å². The molecule has 2 aliphatic carbocycles. The molecule has 0 amide bonds. The van der Waals surface area contributed by atoms with Crippen LogP contribution in [0.3, 0.4) is 0 Å². The van der Waals surface area contributed by atoms with Crippen molar-refractivity contribution < 1.29 is 9.59 Å². The van der Waals surface area contributed by atoms with Crippen LogP contribution in [0.1, 0.15) is 53.1 Å². The first-order chi connectivity index (χ1) is 12.6. The maximum absolute atomic E-state index is 13.0. The Morgan fingerprint density at radius 2 is 1.42 bits per heavy atom. The average Bonchev–Trinajstić information content (AvgIpc) is 2.68. The fourth-order valence-electron chi connectivity index (χ4n) is 4.52. The zero-order chi connectivity index (χ0) is 18.3. The van der Waals surface area contributed by atoms with Gasteiger partial charge in [0.2, 0.25) is 0 Å². The van der Waals surface area contributed by atoms with Crippen LogP contribution >= 0.6 is 11.6 Å². The van der Waals surface area contributed by atoms with Gasteiger partial charge in [-0.1, -0.05) is 54.6 Å².